The van der Waals surface area contributed by atoms with Crippen molar-refractivity contribution in [2.24, 2.45) is 23.7 Å². The maximum atomic E-state index is 12.9. The molecular weight excluding hydrogens is 344 g/mol. The van der Waals surface area contributed by atoms with Gasteiger partial charge in [0, 0.05) is 13.1 Å². The van der Waals surface area contributed by atoms with E-state index in [1.165, 1.54) is 0 Å². The Labute approximate surface area is 158 Å². The first-order chi connectivity index (χ1) is 13.1. The van der Waals surface area contributed by atoms with E-state index >= 15 is 0 Å². The van der Waals surface area contributed by atoms with Gasteiger partial charge in [0.1, 0.15) is 0 Å². The molecule has 2 fully saturated rings. The van der Waals surface area contributed by atoms with Crippen molar-refractivity contribution in [2.75, 3.05) is 18.4 Å². The minimum atomic E-state index is -0.926. The molecule has 0 radical (unpaired) electrons. The van der Waals surface area contributed by atoms with Gasteiger partial charge in [-0.15, -0.1) is 0 Å². The number of fused-ring (bicyclic) bond motifs is 2. The fourth-order valence-electron chi connectivity index (χ4n) is 4.78. The van der Waals surface area contributed by atoms with E-state index in [4.69, 9.17) is 0 Å². The summed E-state index contributed by atoms with van der Waals surface area (Å²) in [6.45, 7) is 1.47. The van der Waals surface area contributed by atoms with Crippen LogP contribution < -0.4 is 5.32 Å². The average Bonchev–Trinajstić information content (AvgIpc) is 3.30. The number of carboxylic acids is 1. The number of hydrogen-bond donors (Lipinski definition) is 2. The zero-order chi connectivity index (χ0) is 19.0. The Hall–Kier alpha value is -2.63. The maximum Gasteiger partial charge on any atom is 0.307 e. The van der Waals surface area contributed by atoms with Crippen molar-refractivity contribution in [3.8, 4) is 0 Å². The largest absolute Gasteiger partial charge is 0.481 e. The minimum absolute atomic E-state index is 0.0407. The molecule has 1 aromatic rings. The van der Waals surface area contributed by atoms with Crippen molar-refractivity contribution in [3.05, 3.63) is 42.0 Å². The fourth-order valence-corrected chi connectivity index (χ4v) is 4.78. The highest BCUT2D eigenvalue weighted by molar-refractivity contribution is 6.05. The van der Waals surface area contributed by atoms with E-state index in [0.29, 0.717) is 17.7 Å². The standard InChI is InChI=1S/C21H24N2O4/c24-19(17-13-8-9-14(12-13)18(17)21(26)27)22-16-7-3-2-6-15(16)20(25)23-10-4-1-5-11-23/h2-3,6-9,13-14,17-18H,1,4-5,10-12H2,(H,22,24)(H,26,27)/t13-,14-,17-,18-/m0/s1. The molecule has 6 nitrogen and oxygen atoms in total. The lowest BCUT2D eigenvalue weighted by molar-refractivity contribution is -0.146. The van der Waals surface area contributed by atoms with Crippen LogP contribution in [-0.4, -0.2) is 40.9 Å². The number of piperidine rings is 1. The molecule has 0 unspecified atom stereocenters. The number of para-hydroxylation sites is 1. The first-order valence-corrected chi connectivity index (χ1v) is 9.66. The number of anilines is 1. The number of rotatable bonds is 4. The van der Waals surface area contributed by atoms with E-state index in [1.54, 1.807) is 24.3 Å². The number of carbonyl (C=O) groups is 3. The Morgan fingerprint density at radius 1 is 0.963 bits per heavy atom. The van der Waals surface area contributed by atoms with Crippen LogP contribution in [-0.2, 0) is 9.59 Å². The van der Waals surface area contributed by atoms with Crippen LogP contribution in [0.4, 0.5) is 5.69 Å². The average molecular weight is 368 g/mol. The van der Waals surface area contributed by atoms with Crippen molar-refractivity contribution in [1.29, 1.82) is 0 Å². The van der Waals surface area contributed by atoms with E-state index in [9.17, 15) is 19.5 Å². The SMILES string of the molecule is O=C(O)[C@@H]1[C@@H](C(=O)Nc2ccccc2C(=O)N2CCCCC2)[C@H]2C=C[C@H]1C2. The number of carboxylic acid groups (broad SMARTS) is 1. The predicted octanol–water partition coefficient (Wildman–Crippen LogP) is 2.77. The van der Waals surface area contributed by atoms with E-state index in [0.717, 1.165) is 32.4 Å². The third kappa shape index (κ3) is 3.24. The summed E-state index contributed by atoms with van der Waals surface area (Å²) in [5.74, 6) is -2.70. The summed E-state index contributed by atoms with van der Waals surface area (Å²) in [4.78, 5) is 39.3. The molecule has 1 saturated heterocycles. The van der Waals surface area contributed by atoms with Crippen LogP contribution in [0.3, 0.4) is 0 Å². The summed E-state index contributed by atoms with van der Waals surface area (Å²) in [5.41, 5.74) is 0.937. The van der Waals surface area contributed by atoms with Gasteiger partial charge in [0.2, 0.25) is 5.91 Å². The fraction of sp³-hybridized carbons (Fsp3) is 0.476. The Bertz CT molecular complexity index is 797. The molecular formula is C21H24N2O4. The first kappa shape index (κ1) is 17.8. The zero-order valence-corrected chi connectivity index (χ0v) is 15.1. The summed E-state index contributed by atoms with van der Waals surface area (Å²) in [6.07, 6.45) is 7.72. The molecule has 1 aromatic carbocycles. The second-order valence-corrected chi connectivity index (χ2v) is 7.73. The molecule has 0 aromatic heterocycles. The number of amides is 2. The van der Waals surface area contributed by atoms with E-state index in [2.05, 4.69) is 5.32 Å². The van der Waals surface area contributed by atoms with Crippen molar-refractivity contribution >= 4 is 23.5 Å². The lowest BCUT2D eigenvalue weighted by Crippen LogP contribution is -2.38. The molecule has 142 valence electrons. The monoisotopic (exact) mass is 368 g/mol. The third-order valence-electron chi connectivity index (χ3n) is 6.11. The van der Waals surface area contributed by atoms with Crippen LogP contribution >= 0.6 is 0 Å². The number of carbonyl (C=O) groups excluding carboxylic acids is 2. The first-order valence-electron chi connectivity index (χ1n) is 9.66. The molecule has 27 heavy (non-hydrogen) atoms. The van der Waals surface area contributed by atoms with Crippen LogP contribution in [0.5, 0.6) is 0 Å². The predicted molar refractivity (Wildman–Crippen MR) is 100 cm³/mol. The number of hydrogen-bond acceptors (Lipinski definition) is 3. The van der Waals surface area contributed by atoms with Gasteiger partial charge in [-0.3, -0.25) is 14.4 Å². The van der Waals surface area contributed by atoms with Gasteiger partial charge < -0.3 is 15.3 Å². The summed E-state index contributed by atoms with van der Waals surface area (Å²) in [7, 11) is 0. The Morgan fingerprint density at radius 2 is 1.63 bits per heavy atom. The summed E-state index contributed by atoms with van der Waals surface area (Å²) >= 11 is 0. The molecule has 6 heteroatoms. The highest BCUT2D eigenvalue weighted by Gasteiger charge is 2.51. The van der Waals surface area contributed by atoms with Crippen molar-refractivity contribution < 1.29 is 19.5 Å². The molecule has 2 amide bonds. The number of nitrogens with zero attached hydrogens (tertiary/aromatic N) is 1. The van der Waals surface area contributed by atoms with E-state index in [-0.39, 0.29) is 23.7 Å². The number of nitrogens with one attached hydrogen (secondary N) is 1. The van der Waals surface area contributed by atoms with Crippen molar-refractivity contribution in [1.82, 2.24) is 4.90 Å². The molecule has 1 aliphatic heterocycles. The Morgan fingerprint density at radius 3 is 2.33 bits per heavy atom. The van der Waals surface area contributed by atoms with Gasteiger partial charge in [-0.05, 0) is 49.7 Å². The number of benzene rings is 1. The highest BCUT2D eigenvalue weighted by Crippen LogP contribution is 2.48. The molecule has 4 atom stereocenters. The van der Waals surface area contributed by atoms with Gasteiger partial charge >= 0.3 is 5.97 Å². The molecule has 2 N–H and O–H groups in total. The van der Waals surface area contributed by atoms with Crippen LogP contribution in [0, 0.1) is 23.7 Å². The van der Waals surface area contributed by atoms with Gasteiger partial charge in [0.25, 0.3) is 5.91 Å². The normalized spacial score (nSPS) is 29.0. The number of allylic oxidation sites excluding steroid dienone is 2. The molecule has 1 saturated carbocycles. The van der Waals surface area contributed by atoms with E-state index in [1.807, 2.05) is 17.1 Å². The van der Waals surface area contributed by atoms with Gasteiger partial charge in [0.15, 0.2) is 0 Å². The highest BCUT2D eigenvalue weighted by atomic mass is 16.4. The van der Waals surface area contributed by atoms with Crippen molar-refractivity contribution in [2.45, 2.75) is 25.7 Å². The lowest BCUT2D eigenvalue weighted by Gasteiger charge is -2.28. The Balaban J connectivity index is 1.54. The summed E-state index contributed by atoms with van der Waals surface area (Å²) < 4.78 is 0. The zero-order valence-electron chi connectivity index (χ0n) is 15.1. The van der Waals surface area contributed by atoms with Crippen LogP contribution in [0.1, 0.15) is 36.0 Å². The molecule has 0 spiro atoms. The quantitative estimate of drug-likeness (QED) is 0.800. The number of aliphatic carboxylic acids is 1. The van der Waals surface area contributed by atoms with Crippen LogP contribution in [0.15, 0.2) is 36.4 Å². The minimum Gasteiger partial charge on any atom is -0.481 e. The smallest absolute Gasteiger partial charge is 0.307 e. The van der Waals surface area contributed by atoms with Gasteiger partial charge in [-0.25, -0.2) is 0 Å². The van der Waals surface area contributed by atoms with Crippen LogP contribution in [0.25, 0.3) is 0 Å². The van der Waals surface area contributed by atoms with Gasteiger partial charge in [-0.2, -0.15) is 0 Å². The van der Waals surface area contributed by atoms with Crippen molar-refractivity contribution in [3.63, 3.8) is 0 Å². The Kier molecular flexibility index (Phi) is 4.72. The van der Waals surface area contributed by atoms with E-state index < -0.39 is 17.8 Å². The van der Waals surface area contributed by atoms with Gasteiger partial charge in [0.05, 0.1) is 23.1 Å². The third-order valence-corrected chi connectivity index (χ3v) is 6.11. The summed E-state index contributed by atoms with van der Waals surface area (Å²) in [6, 6.07) is 7.00. The summed E-state index contributed by atoms with van der Waals surface area (Å²) in [5, 5.41) is 12.4. The molecule has 3 aliphatic rings. The van der Waals surface area contributed by atoms with Crippen LogP contribution in [0.2, 0.25) is 0 Å². The second-order valence-electron chi connectivity index (χ2n) is 7.73. The molecule has 2 aliphatic carbocycles. The molecule has 2 bridgehead atoms. The topological polar surface area (TPSA) is 86.7 Å². The maximum absolute atomic E-state index is 12.9. The molecule has 1 heterocycles. The number of likely N-dealkylation sites (tertiary alicyclic amines) is 1. The van der Waals surface area contributed by atoms with Gasteiger partial charge in [-0.1, -0.05) is 24.3 Å². The molecule has 4 rings (SSSR count). The lowest BCUT2D eigenvalue weighted by atomic mass is 9.82. The second kappa shape index (κ2) is 7.18.